The fourth-order valence-corrected chi connectivity index (χ4v) is 1.65. The van der Waals surface area contributed by atoms with Crippen LogP contribution in [0.1, 0.15) is 18.2 Å². The number of aryl methyl sites for hydroxylation is 1. The molecular formula is C13H16N2O. The standard InChI is InChI=1S/C13H16N2O/c1-2-10-3-5-11(6-4-10)13-14-9-12(15-13)7-8-16/h3-6,9,16H,2,7-8H2,1H3,(H,14,15). The van der Waals surface area contributed by atoms with Crippen molar-refractivity contribution in [1.29, 1.82) is 0 Å². The summed E-state index contributed by atoms with van der Waals surface area (Å²) in [4.78, 5) is 7.49. The maximum absolute atomic E-state index is 8.82. The lowest BCUT2D eigenvalue weighted by Gasteiger charge is -1.99. The Morgan fingerprint density at radius 2 is 2.00 bits per heavy atom. The van der Waals surface area contributed by atoms with Gasteiger partial charge >= 0.3 is 0 Å². The monoisotopic (exact) mass is 216 g/mol. The maximum atomic E-state index is 8.82. The molecule has 1 heterocycles. The lowest BCUT2D eigenvalue weighted by Crippen LogP contribution is -1.90. The van der Waals surface area contributed by atoms with Crippen molar-refractivity contribution in [2.45, 2.75) is 19.8 Å². The molecule has 0 bridgehead atoms. The number of rotatable bonds is 4. The van der Waals surface area contributed by atoms with E-state index in [1.165, 1.54) is 5.56 Å². The van der Waals surface area contributed by atoms with Gasteiger partial charge in [0.1, 0.15) is 5.82 Å². The summed E-state index contributed by atoms with van der Waals surface area (Å²) in [5.74, 6) is 0.867. The summed E-state index contributed by atoms with van der Waals surface area (Å²) in [5, 5.41) is 8.82. The van der Waals surface area contributed by atoms with Gasteiger partial charge < -0.3 is 10.1 Å². The van der Waals surface area contributed by atoms with Crippen LogP contribution in [0.15, 0.2) is 30.5 Å². The molecule has 1 aromatic heterocycles. The van der Waals surface area contributed by atoms with Gasteiger partial charge in [-0.25, -0.2) is 4.98 Å². The number of aromatic amines is 1. The minimum Gasteiger partial charge on any atom is -0.396 e. The molecule has 3 nitrogen and oxygen atoms in total. The summed E-state index contributed by atoms with van der Waals surface area (Å²) in [7, 11) is 0. The Balaban J connectivity index is 2.21. The minimum absolute atomic E-state index is 0.149. The molecule has 0 saturated carbocycles. The first-order valence-corrected chi connectivity index (χ1v) is 5.57. The average molecular weight is 216 g/mol. The van der Waals surface area contributed by atoms with Crippen LogP contribution in [0.25, 0.3) is 11.4 Å². The lowest BCUT2D eigenvalue weighted by atomic mass is 10.1. The Kier molecular flexibility index (Phi) is 3.37. The van der Waals surface area contributed by atoms with E-state index < -0.39 is 0 Å². The van der Waals surface area contributed by atoms with Crippen LogP contribution >= 0.6 is 0 Å². The van der Waals surface area contributed by atoms with E-state index in [4.69, 9.17) is 5.11 Å². The molecule has 2 aromatic rings. The van der Waals surface area contributed by atoms with Gasteiger partial charge in [0.15, 0.2) is 0 Å². The van der Waals surface area contributed by atoms with Crippen molar-refractivity contribution in [3.8, 4) is 11.4 Å². The zero-order valence-corrected chi connectivity index (χ0v) is 9.40. The van der Waals surface area contributed by atoms with E-state index in [-0.39, 0.29) is 6.61 Å². The lowest BCUT2D eigenvalue weighted by molar-refractivity contribution is 0.298. The molecule has 0 spiro atoms. The van der Waals surface area contributed by atoms with Gasteiger partial charge in [0, 0.05) is 30.5 Å². The fraction of sp³-hybridized carbons (Fsp3) is 0.308. The van der Waals surface area contributed by atoms with Crippen molar-refractivity contribution < 1.29 is 5.11 Å². The first-order valence-electron chi connectivity index (χ1n) is 5.57. The quantitative estimate of drug-likeness (QED) is 0.823. The highest BCUT2D eigenvalue weighted by Gasteiger charge is 2.02. The topological polar surface area (TPSA) is 48.9 Å². The van der Waals surface area contributed by atoms with E-state index >= 15 is 0 Å². The van der Waals surface area contributed by atoms with Crippen molar-refractivity contribution >= 4 is 0 Å². The molecule has 0 unspecified atom stereocenters. The number of benzene rings is 1. The number of nitrogens with one attached hydrogen (secondary N) is 1. The highest BCUT2D eigenvalue weighted by atomic mass is 16.3. The van der Waals surface area contributed by atoms with Crippen LogP contribution < -0.4 is 0 Å². The Labute approximate surface area is 95.2 Å². The van der Waals surface area contributed by atoms with Gasteiger partial charge in [0.25, 0.3) is 0 Å². The van der Waals surface area contributed by atoms with E-state index in [1.807, 2.05) is 0 Å². The Hall–Kier alpha value is -1.61. The fourth-order valence-electron chi connectivity index (χ4n) is 1.65. The van der Waals surface area contributed by atoms with Crippen LogP contribution in [0, 0.1) is 0 Å². The molecule has 3 heteroatoms. The molecule has 0 fully saturated rings. The van der Waals surface area contributed by atoms with Crippen LogP contribution in [0.5, 0.6) is 0 Å². The first-order chi connectivity index (χ1) is 7.83. The highest BCUT2D eigenvalue weighted by molar-refractivity contribution is 5.55. The van der Waals surface area contributed by atoms with E-state index in [1.54, 1.807) is 6.20 Å². The number of nitrogens with zero attached hydrogens (tertiary/aromatic N) is 1. The summed E-state index contributed by atoms with van der Waals surface area (Å²) < 4.78 is 0. The number of imidazole rings is 1. The van der Waals surface area contributed by atoms with E-state index in [2.05, 4.69) is 41.2 Å². The van der Waals surface area contributed by atoms with Gasteiger partial charge in [0.2, 0.25) is 0 Å². The molecule has 0 saturated heterocycles. The first kappa shape index (κ1) is 10.9. The van der Waals surface area contributed by atoms with Crippen molar-refractivity contribution in [3.63, 3.8) is 0 Å². The molecular weight excluding hydrogens is 200 g/mol. The maximum Gasteiger partial charge on any atom is 0.137 e. The summed E-state index contributed by atoms with van der Waals surface area (Å²) in [6, 6.07) is 8.37. The van der Waals surface area contributed by atoms with E-state index in [0.29, 0.717) is 6.42 Å². The zero-order valence-electron chi connectivity index (χ0n) is 9.40. The van der Waals surface area contributed by atoms with Crippen LogP contribution in [0.4, 0.5) is 0 Å². The number of aromatic nitrogens is 2. The molecule has 0 radical (unpaired) electrons. The highest BCUT2D eigenvalue weighted by Crippen LogP contribution is 2.16. The molecule has 1 aromatic carbocycles. The molecule has 0 amide bonds. The van der Waals surface area contributed by atoms with Gasteiger partial charge in [-0.05, 0) is 12.0 Å². The molecule has 16 heavy (non-hydrogen) atoms. The van der Waals surface area contributed by atoms with Crippen molar-refractivity contribution in [1.82, 2.24) is 9.97 Å². The number of aliphatic hydroxyl groups is 1. The average Bonchev–Trinajstić information content (AvgIpc) is 2.78. The molecule has 2 rings (SSSR count). The zero-order chi connectivity index (χ0) is 11.4. The third-order valence-electron chi connectivity index (χ3n) is 2.65. The molecule has 0 atom stereocenters. The number of H-pyrrole nitrogens is 1. The normalized spacial score (nSPS) is 10.6. The SMILES string of the molecule is CCc1ccc(-c2ncc(CCO)[nH]2)cc1. The third-order valence-corrected chi connectivity index (χ3v) is 2.65. The Morgan fingerprint density at radius 1 is 1.25 bits per heavy atom. The number of hydrogen-bond donors (Lipinski definition) is 2. The van der Waals surface area contributed by atoms with Crippen LogP contribution in [0.2, 0.25) is 0 Å². The van der Waals surface area contributed by atoms with Gasteiger partial charge in [-0.1, -0.05) is 31.2 Å². The van der Waals surface area contributed by atoms with E-state index in [9.17, 15) is 0 Å². The Morgan fingerprint density at radius 3 is 2.62 bits per heavy atom. The predicted molar refractivity (Wildman–Crippen MR) is 64.2 cm³/mol. The molecule has 0 aliphatic rings. The summed E-state index contributed by atoms with van der Waals surface area (Å²) in [6.45, 7) is 2.29. The summed E-state index contributed by atoms with van der Waals surface area (Å²) in [6.07, 6.45) is 3.45. The third kappa shape index (κ3) is 2.31. The largest absolute Gasteiger partial charge is 0.396 e. The summed E-state index contributed by atoms with van der Waals surface area (Å²) >= 11 is 0. The van der Waals surface area contributed by atoms with Gasteiger partial charge in [-0.15, -0.1) is 0 Å². The van der Waals surface area contributed by atoms with Crippen molar-refractivity contribution in [3.05, 3.63) is 41.7 Å². The van der Waals surface area contributed by atoms with Gasteiger partial charge in [-0.2, -0.15) is 0 Å². The van der Waals surface area contributed by atoms with Crippen molar-refractivity contribution in [2.24, 2.45) is 0 Å². The second-order valence-electron chi connectivity index (χ2n) is 3.78. The number of hydrogen-bond acceptors (Lipinski definition) is 2. The van der Waals surface area contributed by atoms with Gasteiger partial charge in [0.05, 0.1) is 0 Å². The van der Waals surface area contributed by atoms with E-state index in [0.717, 1.165) is 23.5 Å². The second-order valence-corrected chi connectivity index (χ2v) is 3.78. The van der Waals surface area contributed by atoms with Crippen LogP contribution in [-0.2, 0) is 12.8 Å². The minimum atomic E-state index is 0.149. The van der Waals surface area contributed by atoms with Gasteiger partial charge in [-0.3, -0.25) is 0 Å². The smallest absolute Gasteiger partial charge is 0.137 e. The van der Waals surface area contributed by atoms with Crippen LogP contribution in [-0.4, -0.2) is 21.7 Å². The molecule has 2 N–H and O–H groups in total. The molecule has 0 aliphatic heterocycles. The predicted octanol–water partition coefficient (Wildman–Crippen LogP) is 2.17. The summed E-state index contributed by atoms with van der Waals surface area (Å²) in [5.41, 5.74) is 3.38. The number of aliphatic hydroxyl groups excluding tert-OH is 1. The van der Waals surface area contributed by atoms with Crippen molar-refractivity contribution in [2.75, 3.05) is 6.61 Å². The molecule has 0 aliphatic carbocycles. The molecule has 84 valence electrons. The van der Waals surface area contributed by atoms with Crippen LogP contribution in [0.3, 0.4) is 0 Å². The Bertz CT molecular complexity index is 445. The second kappa shape index (κ2) is 4.94.